The molecule has 0 heterocycles. The van der Waals surface area contributed by atoms with Crippen LogP contribution in [0.3, 0.4) is 0 Å². The molecule has 2 fully saturated rings. The molecule has 0 aromatic rings. The average Bonchev–Trinajstić information content (AvgIpc) is 2.28. The summed E-state index contributed by atoms with van der Waals surface area (Å²) in [6.45, 7) is 4.80. The second-order valence-electron chi connectivity index (χ2n) is 4.45. The Labute approximate surface area is 85.4 Å². The molecule has 0 aromatic carbocycles. The molecule has 2 atom stereocenters. The normalized spacial score (nSPS) is 53.5. The first-order valence-corrected chi connectivity index (χ1v) is 5.92. The van der Waals surface area contributed by atoms with Gasteiger partial charge in [0.05, 0.1) is 3.23 Å². The lowest BCUT2D eigenvalue weighted by Crippen LogP contribution is -2.12. The van der Waals surface area contributed by atoms with Gasteiger partial charge in [-0.15, -0.1) is 0 Å². The van der Waals surface area contributed by atoms with E-state index in [2.05, 4.69) is 45.7 Å². The second-order valence-corrected chi connectivity index (χ2v) is 7.89. The lowest BCUT2D eigenvalue weighted by Gasteiger charge is -2.22. The van der Waals surface area contributed by atoms with Crippen LogP contribution in [0.25, 0.3) is 0 Å². The van der Waals surface area contributed by atoms with E-state index in [-0.39, 0.29) is 3.23 Å². The Morgan fingerprint density at radius 1 is 0.909 bits per heavy atom. The van der Waals surface area contributed by atoms with Crippen molar-refractivity contribution in [1.82, 2.24) is 0 Å². The zero-order valence-corrected chi connectivity index (χ0v) is 10.3. The summed E-state index contributed by atoms with van der Waals surface area (Å²) in [6.07, 6.45) is 5.57. The predicted molar refractivity (Wildman–Crippen MR) is 55.3 cm³/mol. The van der Waals surface area contributed by atoms with Crippen molar-refractivity contribution >= 4 is 31.9 Å². The van der Waals surface area contributed by atoms with E-state index in [9.17, 15) is 0 Å². The number of hydrogen-bond acceptors (Lipinski definition) is 0. The molecule has 0 aliphatic heterocycles. The lowest BCUT2D eigenvalue weighted by atomic mass is 9.82. The molecule has 2 aliphatic carbocycles. The maximum atomic E-state index is 3.81. The van der Waals surface area contributed by atoms with Gasteiger partial charge in [0.2, 0.25) is 0 Å². The summed E-state index contributed by atoms with van der Waals surface area (Å²) in [7, 11) is 0. The fourth-order valence-electron chi connectivity index (χ4n) is 2.77. The van der Waals surface area contributed by atoms with Crippen LogP contribution in [0.4, 0.5) is 0 Å². The van der Waals surface area contributed by atoms with Crippen LogP contribution in [-0.2, 0) is 0 Å². The first-order valence-electron chi connectivity index (χ1n) is 4.34. The van der Waals surface area contributed by atoms with E-state index in [1.807, 2.05) is 0 Å². The molecule has 0 nitrogen and oxygen atoms in total. The molecule has 2 saturated carbocycles. The van der Waals surface area contributed by atoms with Crippen LogP contribution >= 0.6 is 31.9 Å². The maximum Gasteiger partial charge on any atom is 0.0923 e. The Balaban J connectivity index is 2.33. The Kier molecular flexibility index (Phi) is 1.60. The third-order valence-electron chi connectivity index (χ3n) is 4.14. The second kappa shape index (κ2) is 2.06. The Morgan fingerprint density at radius 2 is 1.27 bits per heavy atom. The predicted octanol–water partition coefficient (Wildman–Crippen LogP) is 4.07. The monoisotopic (exact) mass is 280 g/mol. The fraction of sp³-hybridized carbons (Fsp3) is 1.00. The summed E-state index contributed by atoms with van der Waals surface area (Å²) in [5, 5.41) is 0. The van der Waals surface area contributed by atoms with E-state index in [1.165, 1.54) is 25.7 Å². The molecule has 2 rings (SSSR count). The van der Waals surface area contributed by atoms with Crippen molar-refractivity contribution < 1.29 is 0 Å². The molecular weight excluding hydrogens is 268 g/mol. The highest BCUT2D eigenvalue weighted by Crippen LogP contribution is 2.84. The van der Waals surface area contributed by atoms with E-state index in [0.29, 0.717) is 10.8 Å². The quantitative estimate of drug-likeness (QED) is 0.587. The smallest absolute Gasteiger partial charge is 0.0715 e. The number of hydrogen-bond donors (Lipinski definition) is 0. The Bertz CT molecular complexity index is 180. The zero-order valence-electron chi connectivity index (χ0n) is 7.08. The van der Waals surface area contributed by atoms with Crippen molar-refractivity contribution in [3.05, 3.63) is 0 Å². The summed E-state index contributed by atoms with van der Waals surface area (Å²) in [5.74, 6) is 0. The molecule has 2 unspecified atom stereocenters. The molecular formula is C9H14Br2. The zero-order chi connectivity index (χ0) is 8.33. The minimum Gasteiger partial charge on any atom is -0.0715 e. The molecule has 2 heteroatoms. The van der Waals surface area contributed by atoms with E-state index < -0.39 is 0 Å². The average molecular weight is 282 g/mol. The van der Waals surface area contributed by atoms with Gasteiger partial charge in [0, 0.05) is 10.8 Å². The molecule has 0 N–H and O–H groups in total. The van der Waals surface area contributed by atoms with Crippen LogP contribution in [0, 0.1) is 10.8 Å². The largest absolute Gasteiger partial charge is 0.0923 e. The van der Waals surface area contributed by atoms with Crippen LogP contribution in [-0.4, -0.2) is 3.23 Å². The molecule has 0 saturated heterocycles. The van der Waals surface area contributed by atoms with Crippen molar-refractivity contribution in [3.8, 4) is 0 Å². The summed E-state index contributed by atoms with van der Waals surface area (Å²) < 4.78 is 0.247. The van der Waals surface area contributed by atoms with Crippen LogP contribution in [0.5, 0.6) is 0 Å². The first-order chi connectivity index (χ1) is 4.96. The lowest BCUT2D eigenvalue weighted by molar-refractivity contribution is 0.277. The number of rotatable bonds is 0. The van der Waals surface area contributed by atoms with Crippen LogP contribution in [0.15, 0.2) is 0 Å². The van der Waals surface area contributed by atoms with Crippen molar-refractivity contribution in [2.75, 3.05) is 0 Å². The molecule has 0 spiro atoms. The third kappa shape index (κ3) is 0.720. The van der Waals surface area contributed by atoms with Crippen molar-refractivity contribution in [1.29, 1.82) is 0 Å². The SMILES string of the molecule is CC12CCCCC1(C)C2(Br)Br. The summed E-state index contributed by atoms with van der Waals surface area (Å²) >= 11 is 7.62. The van der Waals surface area contributed by atoms with Gasteiger partial charge in [-0.05, 0) is 12.8 Å². The molecule has 0 radical (unpaired) electrons. The summed E-state index contributed by atoms with van der Waals surface area (Å²) in [4.78, 5) is 0. The molecule has 11 heavy (non-hydrogen) atoms. The minimum atomic E-state index is 0.247. The molecule has 64 valence electrons. The summed E-state index contributed by atoms with van der Waals surface area (Å²) in [6, 6.07) is 0. The maximum absolute atomic E-state index is 3.81. The molecule has 2 aliphatic rings. The van der Waals surface area contributed by atoms with Crippen molar-refractivity contribution in [3.63, 3.8) is 0 Å². The van der Waals surface area contributed by atoms with Crippen LogP contribution in [0.1, 0.15) is 39.5 Å². The topological polar surface area (TPSA) is 0 Å². The van der Waals surface area contributed by atoms with Gasteiger partial charge in [0.25, 0.3) is 0 Å². The molecule has 0 bridgehead atoms. The number of alkyl halides is 2. The molecule has 0 amide bonds. The van der Waals surface area contributed by atoms with Gasteiger partial charge in [-0.25, -0.2) is 0 Å². The van der Waals surface area contributed by atoms with Gasteiger partial charge in [0.1, 0.15) is 0 Å². The van der Waals surface area contributed by atoms with Gasteiger partial charge in [-0.3, -0.25) is 0 Å². The number of halogens is 2. The van der Waals surface area contributed by atoms with E-state index in [1.54, 1.807) is 0 Å². The van der Waals surface area contributed by atoms with E-state index in [0.717, 1.165) is 0 Å². The van der Waals surface area contributed by atoms with Crippen molar-refractivity contribution in [2.45, 2.75) is 42.8 Å². The van der Waals surface area contributed by atoms with Gasteiger partial charge >= 0.3 is 0 Å². The first kappa shape index (κ1) is 8.55. The summed E-state index contributed by atoms with van der Waals surface area (Å²) in [5.41, 5.74) is 1.02. The van der Waals surface area contributed by atoms with Crippen molar-refractivity contribution in [2.24, 2.45) is 10.8 Å². The van der Waals surface area contributed by atoms with Gasteiger partial charge < -0.3 is 0 Å². The third-order valence-corrected chi connectivity index (χ3v) is 7.65. The minimum absolute atomic E-state index is 0.247. The highest BCUT2D eigenvalue weighted by atomic mass is 79.9. The van der Waals surface area contributed by atoms with Gasteiger partial charge in [-0.1, -0.05) is 58.5 Å². The van der Waals surface area contributed by atoms with E-state index >= 15 is 0 Å². The van der Waals surface area contributed by atoms with Crippen LogP contribution < -0.4 is 0 Å². The van der Waals surface area contributed by atoms with E-state index in [4.69, 9.17) is 0 Å². The number of fused-ring (bicyclic) bond motifs is 1. The van der Waals surface area contributed by atoms with Crippen LogP contribution in [0.2, 0.25) is 0 Å². The molecule has 0 aromatic heterocycles. The Morgan fingerprint density at radius 3 is 1.55 bits per heavy atom. The van der Waals surface area contributed by atoms with Gasteiger partial charge in [-0.2, -0.15) is 0 Å². The van der Waals surface area contributed by atoms with Gasteiger partial charge in [0.15, 0.2) is 0 Å². The highest BCUT2D eigenvalue weighted by molar-refractivity contribution is 9.25. The highest BCUT2D eigenvalue weighted by Gasteiger charge is 2.79. The standard InChI is InChI=1S/C9H14Br2/c1-7-5-3-4-6-8(7,2)9(7,10)11/h3-6H2,1-2H3. The Hall–Kier alpha value is 0.960. The fourth-order valence-corrected chi connectivity index (χ4v) is 5.12.